The molecule has 2 aromatic carbocycles. The summed E-state index contributed by atoms with van der Waals surface area (Å²) in [6.07, 6.45) is 7.31. The topological polar surface area (TPSA) is 149 Å². The number of nitrogens with zero attached hydrogens (tertiary/aromatic N) is 7. The summed E-state index contributed by atoms with van der Waals surface area (Å²) < 4.78 is 1.000. The van der Waals surface area contributed by atoms with Crippen molar-refractivity contribution in [3.8, 4) is 45.3 Å². The molecule has 224 valence electrons. The highest BCUT2D eigenvalue weighted by Crippen LogP contribution is 2.34. The summed E-state index contributed by atoms with van der Waals surface area (Å²) in [6.45, 7) is 4.71. The standard InChI is InChI=1S/C32H33N9O3/c1-19(42)39-15-3-5-27(39)29-33-17-25(35-29)21-7-11-23(12-8-21)31-37-38-32(41(31)44)24-13-9-22(10-14-24)26-18-34-30(36-26)28-6-4-16-40(28)20(2)43/h7-14,17-18,27-28,44H,3-6,15-16H2,1-2H3,(H,33,35)(H,34,36). The van der Waals surface area contributed by atoms with Crippen LogP contribution in [0.25, 0.3) is 45.3 Å². The molecule has 2 atom stereocenters. The Morgan fingerprint density at radius 2 is 1.07 bits per heavy atom. The van der Waals surface area contributed by atoms with Crippen LogP contribution in [0.5, 0.6) is 0 Å². The molecule has 3 N–H and O–H groups in total. The first kappa shape index (κ1) is 27.6. The van der Waals surface area contributed by atoms with Crippen molar-refractivity contribution >= 4 is 11.8 Å². The van der Waals surface area contributed by atoms with E-state index in [-0.39, 0.29) is 23.9 Å². The van der Waals surface area contributed by atoms with Crippen molar-refractivity contribution < 1.29 is 14.8 Å². The minimum atomic E-state index is -0.0199. The van der Waals surface area contributed by atoms with E-state index in [1.165, 1.54) is 0 Å². The van der Waals surface area contributed by atoms with E-state index in [4.69, 9.17) is 0 Å². The van der Waals surface area contributed by atoms with Crippen molar-refractivity contribution in [2.45, 2.75) is 51.6 Å². The molecule has 7 rings (SSSR count). The van der Waals surface area contributed by atoms with Crippen LogP contribution in [0.3, 0.4) is 0 Å². The van der Waals surface area contributed by atoms with E-state index in [0.29, 0.717) is 22.8 Å². The Kier molecular flexibility index (Phi) is 6.96. The molecule has 2 aliphatic rings. The summed E-state index contributed by atoms with van der Waals surface area (Å²) in [4.78, 5) is 43.6. The second-order valence-electron chi connectivity index (χ2n) is 11.4. The fourth-order valence-corrected chi connectivity index (χ4v) is 6.40. The number of likely N-dealkylation sites (tertiary alicyclic amines) is 2. The van der Waals surface area contributed by atoms with Gasteiger partial charge in [-0.15, -0.1) is 14.9 Å². The number of rotatable bonds is 6. The molecular formula is C32H33N9O3. The van der Waals surface area contributed by atoms with Crippen molar-refractivity contribution in [2.24, 2.45) is 0 Å². The zero-order valence-electron chi connectivity index (χ0n) is 24.6. The van der Waals surface area contributed by atoms with Gasteiger partial charge >= 0.3 is 0 Å². The first-order valence-corrected chi connectivity index (χ1v) is 14.9. The molecule has 2 unspecified atom stereocenters. The molecule has 5 aromatic rings. The third kappa shape index (κ3) is 4.91. The Bertz CT molecular complexity index is 1690. The van der Waals surface area contributed by atoms with Gasteiger partial charge in [0.25, 0.3) is 0 Å². The van der Waals surface area contributed by atoms with Gasteiger partial charge in [0.05, 0.1) is 35.9 Å². The monoisotopic (exact) mass is 591 g/mol. The van der Waals surface area contributed by atoms with Crippen molar-refractivity contribution in [1.29, 1.82) is 0 Å². The number of carbonyl (C=O) groups excluding carboxylic acids is 2. The molecule has 0 radical (unpaired) electrons. The fraction of sp³-hybridized carbons (Fsp3) is 0.312. The van der Waals surface area contributed by atoms with Crippen molar-refractivity contribution in [3.63, 3.8) is 0 Å². The van der Waals surface area contributed by atoms with Gasteiger partial charge in [0.15, 0.2) is 11.6 Å². The largest absolute Gasteiger partial charge is 0.425 e. The van der Waals surface area contributed by atoms with Crippen LogP contribution in [0.1, 0.15) is 63.3 Å². The Balaban J connectivity index is 1.06. The minimum Gasteiger partial charge on any atom is -0.425 e. The average Bonchev–Trinajstić information content (AvgIpc) is 3.86. The Morgan fingerprint density at radius 1 is 0.682 bits per heavy atom. The molecule has 2 saturated heterocycles. The van der Waals surface area contributed by atoms with Gasteiger partial charge in [-0.05, 0) is 36.8 Å². The highest BCUT2D eigenvalue weighted by atomic mass is 16.5. The number of H-pyrrole nitrogens is 2. The van der Waals surface area contributed by atoms with Crippen LogP contribution in [0.2, 0.25) is 0 Å². The second kappa shape index (κ2) is 11.1. The first-order valence-electron chi connectivity index (χ1n) is 14.9. The number of carbonyl (C=O) groups is 2. The normalized spacial score (nSPS) is 18.3. The SMILES string of the molecule is CC(=O)N1CCCC1c1ncc(-c2ccc(-c3nnc(-c4ccc(-c5cnc(C6CCCN6C(C)=O)[nH]5)cc4)n3O)cc2)[nH]1. The van der Waals surface area contributed by atoms with Crippen LogP contribution in [0.4, 0.5) is 0 Å². The molecule has 0 bridgehead atoms. The van der Waals surface area contributed by atoms with Gasteiger partial charge < -0.3 is 25.0 Å². The predicted molar refractivity (Wildman–Crippen MR) is 162 cm³/mol. The lowest BCUT2D eigenvalue weighted by atomic mass is 10.1. The van der Waals surface area contributed by atoms with Crippen LogP contribution in [-0.4, -0.2) is 74.8 Å². The molecule has 0 saturated carbocycles. The molecule has 0 aliphatic carbocycles. The Morgan fingerprint density at radius 3 is 1.45 bits per heavy atom. The second-order valence-corrected chi connectivity index (χ2v) is 11.4. The molecule has 12 nitrogen and oxygen atoms in total. The van der Waals surface area contributed by atoms with Gasteiger partial charge in [-0.25, -0.2) is 9.97 Å². The maximum absolute atomic E-state index is 12.0. The summed E-state index contributed by atoms with van der Waals surface area (Å²) in [5.74, 6) is 2.37. The number of imidazole rings is 2. The van der Waals surface area contributed by atoms with Gasteiger partial charge in [0.2, 0.25) is 11.8 Å². The number of aromatic amines is 2. The number of amides is 2. The van der Waals surface area contributed by atoms with Gasteiger partial charge in [0, 0.05) is 38.1 Å². The lowest BCUT2D eigenvalue weighted by Crippen LogP contribution is -2.28. The average molecular weight is 592 g/mol. The molecule has 3 aromatic heterocycles. The minimum absolute atomic E-state index is 0.0199. The number of benzene rings is 2. The van der Waals surface area contributed by atoms with E-state index < -0.39 is 0 Å². The van der Waals surface area contributed by atoms with E-state index in [9.17, 15) is 14.8 Å². The predicted octanol–water partition coefficient (Wildman–Crippen LogP) is 5.00. The zero-order valence-corrected chi connectivity index (χ0v) is 24.6. The van der Waals surface area contributed by atoms with Gasteiger partial charge in [0.1, 0.15) is 11.6 Å². The first-order chi connectivity index (χ1) is 21.4. The van der Waals surface area contributed by atoms with Crippen molar-refractivity contribution in [3.05, 3.63) is 72.6 Å². The summed E-state index contributed by atoms with van der Waals surface area (Å²) >= 11 is 0. The number of hydrogen-bond donors (Lipinski definition) is 3. The van der Waals surface area contributed by atoms with E-state index in [2.05, 4.69) is 30.1 Å². The van der Waals surface area contributed by atoms with Gasteiger partial charge in [-0.1, -0.05) is 48.5 Å². The molecular weight excluding hydrogens is 558 g/mol. The summed E-state index contributed by atoms with van der Waals surface area (Å²) in [5, 5.41) is 19.5. The maximum atomic E-state index is 12.0. The quantitative estimate of drug-likeness (QED) is 0.235. The van der Waals surface area contributed by atoms with Crippen LogP contribution < -0.4 is 0 Å². The molecule has 2 aliphatic heterocycles. The number of aromatic nitrogens is 7. The fourth-order valence-electron chi connectivity index (χ4n) is 6.40. The summed E-state index contributed by atoms with van der Waals surface area (Å²) in [7, 11) is 0. The summed E-state index contributed by atoms with van der Waals surface area (Å²) in [5.41, 5.74) is 5.00. The highest BCUT2D eigenvalue weighted by molar-refractivity contribution is 5.75. The van der Waals surface area contributed by atoms with Gasteiger partial charge in [-0.3, -0.25) is 9.59 Å². The van der Waals surface area contributed by atoms with E-state index in [1.54, 1.807) is 26.2 Å². The van der Waals surface area contributed by atoms with E-state index in [1.807, 2.05) is 58.3 Å². The molecule has 2 amide bonds. The van der Waals surface area contributed by atoms with E-state index >= 15 is 0 Å². The lowest BCUT2D eigenvalue weighted by Gasteiger charge is -2.21. The molecule has 0 spiro atoms. The van der Waals surface area contributed by atoms with Crippen LogP contribution in [0.15, 0.2) is 60.9 Å². The lowest BCUT2D eigenvalue weighted by molar-refractivity contribution is -0.130. The Hall–Kier alpha value is -5.26. The van der Waals surface area contributed by atoms with Crippen LogP contribution in [0, 0.1) is 0 Å². The van der Waals surface area contributed by atoms with Crippen LogP contribution >= 0.6 is 0 Å². The highest BCUT2D eigenvalue weighted by Gasteiger charge is 2.31. The zero-order chi connectivity index (χ0) is 30.4. The Labute approximate surface area is 253 Å². The third-order valence-corrected chi connectivity index (χ3v) is 8.69. The molecule has 44 heavy (non-hydrogen) atoms. The third-order valence-electron chi connectivity index (χ3n) is 8.69. The van der Waals surface area contributed by atoms with Crippen molar-refractivity contribution in [1.82, 2.24) is 44.7 Å². The molecule has 2 fully saturated rings. The van der Waals surface area contributed by atoms with Crippen molar-refractivity contribution in [2.75, 3.05) is 13.1 Å². The number of hydrogen-bond acceptors (Lipinski definition) is 7. The summed E-state index contributed by atoms with van der Waals surface area (Å²) in [6, 6.07) is 15.2. The number of nitrogens with one attached hydrogen (secondary N) is 2. The maximum Gasteiger partial charge on any atom is 0.220 e. The molecule has 12 heteroatoms. The molecule has 5 heterocycles. The van der Waals surface area contributed by atoms with Crippen LogP contribution in [-0.2, 0) is 9.59 Å². The smallest absolute Gasteiger partial charge is 0.220 e. The van der Waals surface area contributed by atoms with Gasteiger partial charge in [-0.2, -0.15) is 0 Å². The van der Waals surface area contributed by atoms with E-state index in [0.717, 1.165) is 77.7 Å².